The van der Waals surface area contributed by atoms with Crippen LogP contribution in [0.4, 0.5) is 0 Å². The Kier molecular flexibility index (Phi) is 2.31. The van der Waals surface area contributed by atoms with Crippen LogP contribution < -0.4 is 0 Å². The predicted molar refractivity (Wildman–Crippen MR) is 68.7 cm³/mol. The molecule has 0 aliphatic heterocycles. The second-order valence-corrected chi connectivity index (χ2v) is 4.40. The molecule has 2 aromatic heterocycles. The van der Waals surface area contributed by atoms with Crippen LogP contribution in [0.1, 0.15) is 0 Å². The van der Waals surface area contributed by atoms with Gasteiger partial charge in [-0.2, -0.15) is 0 Å². The van der Waals surface area contributed by atoms with Crippen LogP contribution in [-0.2, 0) is 0 Å². The number of benzene rings is 1. The smallest absolute Gasteiger partial charge is 0.144 e. The number of rotatable bonds is 0. The first-order chi connectivity index (χ1) is 8.15. The third-order valence-corrected chi connectivity index (χ3v) is 2.98. The van der Waals surface area contributed by atoms with Crippen molar-refractivity contribution < 1.29 is 5.11 Å². The number of nitrogens with zero attached hydrogens (tertiary/aromatic N) is 2. The Labute approximate surface area is 107 Å². The number of aromatic nitrogens is 2. The van der Waals surface area contributed by atoms with Gasteiger partial charge in [0, 0.05) is 16.8 Å². The van der Waals surface area contributed by atoms with E-state index in [1.54, 1.807) is 12.1 Å². The number of halogens is 2. The Morgan fingerprint density at radius 2 is 1.53 bits per heavy atom. The summed E-state index contributed by atoms with van der Waals surface area (Å²) in [7, 11) is 0. The van der Waals surface area contributed by atoms with Crippen molar-refractivity contribution in [3.8, 4) is 5.75 Å². The number of hydrogen-bond acceptors (Lipinski definition) is 3. The minimum atomic E-state index is 0.0461. The first kappa shape index (κ1) is 10.6. The van der Waals surface area contributed by atoms with Gasteiger partial charge in [0.1, 0.15) is 21.6 Å². The van der Waals surface area contributed by atoms with Crippen LogP contribution in [0, 0.1) is 0 Å². The van der Waals surface area contributed by atoms with Gasteiger partial charge < -0.3 is 5.11 Å². The van der Waals surface area contributed by atoms with Crippen molar-refractivity contribution >= 4 is 45.0 Å². The fraction of sp³-hybridized carbons (Fsp3) is 0. The van der Waals surface area contributed by atoms with E-state index in [0.717, 1.165) is 10.8 Å². The lowest BCUT2D eigenvalue weighted by atomic mass is 10.1. The maximum Gasteiger partial charge on any atom is 0.144 e. The summed E-state index contributed by atoms with van der Waals surface area (Å²) >= 11 is 11.6. The molecule has 0 aliphatic rings. The monoisotopic (exact) mass is 264 g/mol. The molecule has 0 amide bonds. The summed E-state index contributed by atoms with van der Waals surface area (Å²) in [5.41, 5.74) is 1.10. The van der Waals surface area contributed by atoms with Gasteiger partial charge in [0.25, 0.3) is 0 Å². The molecule has 1 N–H and O–H groups in total. The molecule has 84 valence electrons. The molecule has 0 spiro atoms. The third-order valence-electron chi connectivity index (χ3n) is 2.56. The fourth-order valence-electron chi connectivity index (χ4n) is 1.83. The van der Waals surface area contributed by atoms with Gasteiger partial charge in [-0.15, -0.1) is 0 Å². The standard InChI is InChI=1S/C12H6Cl2N2O/c13-10-3-1-6-7-2-4-11(14)16-12(7)9(17)5-8(6)15-10/h1-5,17H. The van der Waals surface area contributed by atoms with E-state index in [-0.39, 0.29) is 5.75 Å². The average Bonchev–Trinajstić information content (AvgIpc) is 2.29. The van der Waals surface area contributed by atoms with Gasteiger partial charge in [-0.25, -0.2) is 9.97 Å². The molecule has 1 aromatic carbocycles. The lowest BCUT2D eigenvalue weighted by Gasteiger charge is -2.05. The van der Waals surface area contributed by atoms with Crippen LogP contribution in [0.25, 0.3) is 21.8 Å². The Balaban J connectivity index is 2.55. The van der Waals surface area contributed by atoms with Gasteiger partial charge in [0.2, 0.25) is 0 Å². The lowest BCUT2D eigenvalue weighted by Crippen LogP contribution is -1.86. The third kappa shape index (κ3) is 1.68. The van der Waals surface area contributed by atoms with E-state index in [1.165, 1.54) is 6.07 Å². The summed E-state index contributed by atoms with van der Waals surface area (Å²) in [4.78, 5) is 8.26. The van der Waals surface area contributed by atoms with Crippen molar-refractivity contribution in [3.05, 3.63) is 40.6 Å². The van der Waals surface area contributed by atoms with E-state index in [1.807, 2.05) is 12.1 Å². The van der Waals surface area contributed by atoms with Crippen LogP contribution in [0.15, 0.2) is 30.3 Å². The highest BCUT2D eigenvalue weighted by Crippen LogP contribution is 2.32. The van der Waals surface area contributed by atoms with Gasteiger partial charge in [-0.05, 0) is 24.3 Å². The highest BCUT2D eigenvalue weighted by atomic mass is 35.5. The van der Waals surface area contributed by atoms with Gasteiger partial charge in [0.15, 0.2) is 0 Å². The molecule has 0 bridgehead atoms. The number of aromatic hydroxyl groups is 1. The highest BCUT2D eigenvalue weighted by Gasteiger charge is 2.08. The second-order valence-electron chi connectivity index (χ2n) is 3.63. The molecular formula is C12H6Cl2N2O. The number of fused-ring (bicyclic) bond motifs is 3. The van der Waals surface area contributed by atoms with E-state index in [9.17, 15) is 5.11 Å². The van der Waals surface area contributed by atoms with Crippen molar-refractivity contribution in [1.82, 2.24) is 9.97 Å². The number of hydrogen-bond donors (Lipinski definition) is 1. The zero-order valence-corrected chi connectivity index (χ0v) is 10.00. The fourth-order valence-corrected chi connectivity index (χ4v) is 2.14. The summed E-state index contributed by atoms with van der Waals surface area (Å²) in [5.74, 6) is 0.0461. The number of phenols is 1. The summed E-state index contributed by atoms with van der Waals surface area (Å²) in [6, 6.07) is 8.57. The topological polar surface area (TPSA) is 46.0 Å². The van der Waals surface area contributed by atoms with Gasteiger partial charge in [0.05, 0.1) is 5.52 Å². The number of phenolic OH excluding ortho intramolecular Hbond substituents is 1. The molecule has 0 saturated carbocycles. The molecular weight excluding hydrogens is 259 g/mol. The molecule has 3 aromatic rings. The maximum absolute atomic E-state index is 9.88. The summed E-state index contributed by atoms with van der Waals surface area (Å²) in [6.07, 6.45) is 0. The predicted octanol–water partition coefficient (Wildman–Crippen LogP) is 3.80. The zero-order valence-electron chi connectivity index (χ0n) is 8.48. The van der Waals surface area contributed by atoms with E-state index >= 15 is 0 Å². The molecule has 0 saturated heterocycles. The molecule has 0 fully saturated rings. The molecule has 5 heteroatoms. The van der Waals surface area contributed by atoms with Gasteiger partial charge in [-0.1, -0.05) is 23.2 Å². The SMILES string of the molecule is Oc1cc2nc(Cl)ccc2c2ccc(Cl)nc12. The van der Waals surface area contributed by atoms with Crippen molar-refractivity contribution in [2.24, 2.45) is 0 Å². The van der Waals surface area contributed by atoms with Crippen LogP contribution in [-0.4, -0.2) is 15.1 Å². The molecule has 0 radical (unpaired) electrons. The molecule has 17 heavy (non-hydrogen) atoms. The average molecular weight is 265 g/mol. The quantitative estimate of drug-likeness (QED) is 0.496. The molecule has 0 aliphatic carbocycles. The Bertz CT molecular complexity index is 743. The molecule has 0 unspecified atom stereocenters. The summed E-state index contributed by atoms with van der Waals surface area (Å²) < 4.78 is 0. The van der Waals surface area contributed by atoms with Crippen molar-refractivity contribution in [1.29, 1.82) is 0 Å². The van der Waals surface area contributed by atoms with Crippen molar-refractivity contribution in [2.75, 3.05) is 0 Å². The number of pyridine rings is 2. The van der Waals surface area contributed by atoms with Crippen LogP contribution in [0.2, 0.25) is 10.3 Å². The molecule has 3 nitrogen and oxygen atoms in total. The van der Waals surface area contributed by atoms with E-state index in [4.69, 9.17) is 23.2 Å². The largest absolute Gasteiger partial charge is 0.506 e. The second kappa shape index (κ2) is 3.72. The van der Waals surface area contributed by atoms with Crippen LogP contribution >= 0.6 is 23.2 Å². The highest BCUT2D eigenvalue weighted by molar-refractivity contribution is 6.30. The van der Waals surface area contributed by atoms with E-state index in [0.29, 0.717) is 21.3 Å². The summed E-state index contributed by atoms with van der Waals surface area (Å²) in [6.45, 7) is 0. The van der Waals surface area contributed by atoms with E-state index < -0.39 is 0 Å². The van der Waals surface area contributed by atoms with Crippen LogP contribution in [0.3, 0.4) is 0 Å². The van der Waals surface area contributed by atoms with Crippen molar-refractivity contribution in [3.63, 3.8) is 0 Å². The van der Waals surface area contributed by atoms with E-state index in [2.05, 4.69) is 9.97 Å². The molecule has 2 heterocycles. The van der Waals surface area contributed by atoms with Crippen molar-refractivity contribution in [2.45, 2.75) is 0 Å². The molecule has 3 rings (SSSR count). The Hall–Kier alpha value is -1.58. The van der Waals surface area contributed by atoms with Crippen LogP contribution in [0.5, 0.6) is 5.75 Å². The minimum Gasteiger partial charge on any atom is -0.506 e. The zero-order chi connectivity index (χ0) is 12.0. The maximum atomic E-state index is 9.88. The Morgan fingerprint density at radius 1 is 0.882 bits per heavy atom. The minimum absolute atomic E-state index is 0.0461. The first-order valence-corrected chi connectivity index (χ1v) is 5.65. The first-order valence-electron chi connectivity index (χ1n) is 4.89. The normalized spacial score (nSPS) is 11.2. The van der Waals surface area contributed by atoms with Gasteiger partial charge in [-0.3, -0.25) is 0 Å². The summed E-state index contributed by atoms with van der Waals surface area (Å²) in [5, 5.41) is 12.3. The van der Waals surface area contributed by atoms with Gasteiger partial charge >= 0.3 is 0 Å². The lowest BCUT2D eigenvalue weighted by molar-refractivity contribution is 0.481. The Morgan fingerprint density at radius 3 is 2.29 bits per heavy atom. The molecule has 0 atom stereocenters.